The molecule has 0 saturated heterocycles. The van der Waals surface area contributed by atoms with Crippen molar-refractivity contribution in [2.24, 2.45) is 0 Å². The van der Waals surface area contributed by atoms with Gasteiger partial charge in [-0.3, -0.25) is 0 Å². The Labute approximate surface area is 149 Å². The number of hydrogen-bond donors (Lipinski definition) is 2. The predicted octanol–water partition coefficient (Wildman–Crippen LogP) is 4.66. The molecule has 0 aromatic heterocycles. The molecule has 2 amide bonds. The molecule has 6 nitrogen and oxygen atoms in total. The van der Waals surface area contributed by atoms with Gasteiger partial charge in [0.05, 0.1) is 42.7 Å². The van der Waals surface area contributed by atoms with Crippen molar-refractivity contribution in [3.05, 3.63) is 40.4 Å². The maximum absolute atomic E-state index is 12.2. The normalized spacial score (nSPS) is 10.0. The molecule has 0 bridgehead atoms. The van der Waals surface area contributed by atoms with E-state index in [2.05, 4.69) is 10.6 Å². The zero-order valence-corrected chi connectivity index (χ0v) is 14.8. The number of para-hydroxylation sites is 1. The molecule has 0 unspecified atom stereocenters. The van der Waals surface area contributed by atoms with E-state index >= 15 is 0 Å². The largest absolute Gasteiger partial charge is 0.493 e. The number of amides is 2. The summed E-state index contributed by atoms with van der Waals surface area (Å²) >= 11 is 12.1. The van der Waals surface area contributed by atoms with Gasteiger partial charge in [0.2, 0.25) is 5.75 Å². The number of urea groups is 1. The van der Waals surface area contributed by atoms with E-state index in [1.807, 2.05) is 0 Å². The highest BCUT2D eigenvalue weighted by atomic mass is 35.5. The van der Waals surface area contributed by atoms with Crippen molar-refractivity contribution >= 4 is 40.6 Å². The van der Waals surface area contributed by atoms with Gasteiger partial charge < -0.3 is 24.8 Å². The molecule has 0 aliphatic carbocycles. The average Bonchev–Trinajstić information content (AvgIpc) is 2.57. The summed E-state index contributed by atoms with van der Waals surface area (Å²) in [6, 6.07) is 7.64. The Morgan fingerprint density at radius 3 is 1.92 bits per heavy atom. The minimum absolute atomic E-state index is 0.325. The van der Waals surface area contributed by atoms with Gasteiger partial charge in [-0.15, -0.1) is 0 Å². The molecule has 2 N–H and O–H groups in total. The molecular formula is C16H16Cl2N2O4. The molecule has 24 heavy (non-hydrogen) atoms. The summed E-state index contributed by atoms with van der Waals surface area (Å²) in [7, 11) is 4.48. The molecule has 2 rings (SSSR count). The monoisotopic (exact) mass is 370 g/mol. The van der Waals surface area contributed by atoms with Crippen LogP contribution in [0.1, 0.15) is 0 Å². The summed E-state index contributed by atoms with van der Waals surface area (Å²) in [6.07, 6.45) is 0. The molecule has 0 fully saturated rings. The Morgan fingerprint density at radius 1 is 0.917 bits per heavy atom. The van der Waals surface area contributed by atoms with Gasteiger partial charge in [0.25, 0.3) is 0 Å². The lowest BCUT2D eigenvalue weighted by Crippen LogP contribution is -2.20. The summed E-state index contributed by atoms with van der Waals surface area (Å²) in [5.41, 5.74) is 0.774. The van der Waals surface area contributed by atoms with E-state index in [1.54, 1.807) is 30.3 Å². The lowest BCUT2D eigenvalue weighted by molar-refractivity contribution is 0.262. The third-order valence-electron chi connectivity index (χ3n) is 3.12. The van der Waals surface area contributed by atoms with Gasteiger partial charge in [-0.25, -0.2) is 4.79 Å². The first kappa shape index (κ1) is 18.0. The van der Waals surface area contributed by atoms with Crippen molar-refractivity contribution in [3.63, 3.8) is 0 Å². The zero-order valence-electron chi connectivity index (χ0n) is 13.3. The number of nitrogens with one attached hydrogen (secondary N) is 2. The highest BCUT2D eigenvalue weighted by Crippen LogP contribution is 2.40. The number of methoxy groups -OCH3 is 3. The Balaban J connectivity index is 2.23. The van der Waals surface area contributed by atoms with Crippen LogP contribution >= 0.6 is 23.2 Å². The molecule has 2 aromatic carbocycles. The van der Waals surface area contributed by atoms with Crippen LogP contribution < -0.4 is 24.8 Å². The standard InChI is InChI=1S/C16H16Cl2N2O4/c1-22-12-7-9(8-13(23-2)15(12)24-3)19-16(21)20-14-10(17)5-4-6-11(14)18/h4-8H,1-3H3,(H2,19,20,21). The van der Waals surface area contributed by atoms with Crippen molar-refractivity contribution in [2.75, 3.05) is 32.0 Å². The topological polar surface area (TPSA) is 68.8 Å². The van der Waals surface area contributed by atoms with Gasteiger partial charge in [0, 0.05) is 12.1 Å². The third kappa shape index (κ3) is 3.96. The van der Waals surface area contributed by atoms with Gasteiger partial charge in [-0.1, -0.05) is 29.3 Å². The quantitative estimate of drug-likeness (QED) is 0.802. The van der Waals surface area contributed by atoms with Gasteiger partial charge >= 0.3 is 6.03 Å². The first-order valence-corrected chi connectivity index (χ1v) is 7.57. The number of carbonyl (C=O) groups is 1. The summed E-state index contributed by atoms with van der Waals surface area (Å²) in [6.45, 7) is 0. The number of rotatable bonds is 5. The first-order valence-electron chi connectivity index (χ1n) is 6.82. The Kier molecular flexibility index (Phi) is 6.00. The molecular weight excluding hydrogens is 355 g/mol. The lowest BCUT2D eigenvalue weighted by atomic mass is 10.2. The number of benzene rings is 2. The fourth-order valence-corrected chi connectivity index (χ4v) is 2.54. The minimum atomic E-state index is -0.515. The summed E-state index contributed by atoms with van der Waals surface area (Å²) in [5, 5.41) is 5.94. The van der Waals surface area contributed by atoms with E-state index in [0.717, 1.165) is 0 Å². The van der Waals surface area contributed by atoms with Gasteiger partial charge in [0.15, 0.2) is 11.5 Å². The van der Waals surface area contributed by atoms with E-state index in [0.29, 0.717) is 38.7 Å². The van der Waals surface area contributed by atoms with Crippen LogP contribution in [0.2, 0.25) is 10.0 Å². The molecule has 0 aliphatic heterocycles. The molecule has 0 aliphatic rings. The molecule has 8 heteroatoms. The Morgan fingerprint density at radius 2 is 1.46 bits per heavy atom. The van der Waals surface area contributed by atoms with Crippen LogP contribution in [0.25, 0.3) is 0 Å². The second-order valence-electron chi connectivity index (χ2n) is 4.59. The predicted molar refractivity (Wildman–Crippen MR) is 95.2 cm³/mol. The van der Waals surface area contributed by atoms with Crippen molar-refractivity contribution in [1.29, 1.82) is 0 Å². The molecule has 0 heterocycles. The minimum Gasteiger partial charge on any atom is -0.493 e. The Bertz CT molecular complexity index is 708. The van der Waals surface area contributed by atoms with Crippen molar-refractivity contribution < 1.29 is 19.0 Å². The third-order valence-corrected chi connectivity index (χ3v) is 3.75. The van der Waals surface area contributed by atoms with Gasteiger partial charge in [0.1, 0.15) is 0 Å². The van der Waals surface area contributed by atoms with Crippen LogP contribution in [0.5, 0.6) is 17.2 Å². The average molecular weight is 371 g/mol. The van der Waals surface area contributed by atoms with E-state index in [-0.39, 0.29) is 0 Å². The maximum atomic E-state index is 12.2. The van der Waals surface area contributed by atoms with E-state index in [1.165, 1.54) is 21.3 Å². The second-order valence-corrected chi connectivity index (χ2v) is 5.40. The smallest absolute Gasteiger partial charge is 0.323 e. The van der Waals surface area contributed by atoms with E-state index in [4.69, 9.17) is 37.4 Å². The van der Waals surface area contributed by atoms with Crippen LogP contribution in [0.15, 0.2) is 30.3 Å². The molecule has 0 spiro atoms. The fraction of sp³-hybridized carbons (Fsp3) is 0.188. The number of halogens is 2. The number of anilines is 2. The van der Waals surface area contributed by atoms with Crippen LogP contribution in [-0.4, -0.2) is 27.4 Å². The van der Waals surface area contributed by atoms with Gasteiger partial charge in [-0.2, -0.15) is 0 Å². The van der Waals surface area contributed by atoms with Crippen LogP contribution in [0, 0.1) is 0 Å². The number of ether oxygens (including phenoxy) is 3. The van der Waals surface area contributed by atoms with Gasteiger partial charge in [-0.05, 0) is 12.1 Å². The zero-order chi connectivity index (χ0) is 17.7. The van der Waals surface area contributed by atoms with Crippen LogP contribution in [0.4, 0.5) is 16.2 Å². The van der Waals surface area contributed by atoms with E-state index < -0.39 is 6.03 Å². The lowest BCUT2D eigenvalue weighted by Gasteiger charge is -2.15. The van der Waals surface area contributed by atoms with Crippen LogP contribution in [-0.2, 0) is 0 Å². The number of hydrogen-bond acceptors (Lipinski definition) is 4. The highest BCUT2D eigenvalue weighted by molar-refractivity contribution is 6.39. The maximum Gasteiger partial charge on any atom is 0.323 e. The number of carbonyl (C=O) groups excluding carboxylic acids is 1. The summed E-state index contributed by atoms with van der Waals surface area (Å²) in [4.78, 5) is 12.2. The molecule has 0 radical (unpaired) electrons. The van der Waals surface area contributed by atoms with Crippen molar-refractivity contribution in [2.45, 2.75) is 0 Å². The molecule has 2 aromatic rings. The molecule has 0 atom stereocenters. The highest BCUT2D eigenvalue weighted by Gasteiger charge is 2.15. The molecule has 0 saturated carbocycles. The second kappa shape index (κ2) is 7.99. The summed E-state index contributed by atoms with van der Waals surface area (Å²) < 4.78 is 15.7. The summed E-state index contributed by atoms with van der Waals surface area (Å²) in [5.74, 6) is 1.27. The fourth-order valence-electron chi connectivity index (χ4n) is 2.05. The SMILES string of the molecule is COc1cc(NC(=O)Nc2c(Cl)cccc2Cl)cc(OC)c1OC. The van der Waals surface area contributed by atoms with Crippen molar-refractivity contribution in [3.8, 4) is 17.2 Å². The van der Waals surface area contributed by atoms with Crippen molar-refractivity contribution in [1.82, 2.24) is 0 Å². The first-order chi connectivity index (χ1) is 11.5. The van der Waals surface area contributed by atoms with Crippen LogP contribution in [0.3, 0.4) is 0 Å². The molecule has 128 valence electrons. The Hall–Kier alpha value is -2.31. The van der Waals surface area contributed by atoms with E-state index in [9.17, 15) is 4.79 Å².